The van der Waals surface area contributed by atoms with Gasteiger partial charge in [-0.1, -0.05) is 6.42 Å². The highest BCUT2D eigenvalue weighted by molar-refractivity contribution is 9.10. The van der Waals surface area contributed by atoms with Crippen LogP contribution < -0.4 is 10.5 Å². The lowest BCUT2D eigenvalue weighted by molar-refractivity contribution is 0.123. The minimum absolute atomic E-state index is 0.152. The minimum atomic E-state index is 0.152. The molecule has 20 heavy (non-hydrogen) atoms. The highest BCUT2D eigenvalue weighted by Gasteiger charge is 2.25. The molecule has 0 saturated carbocycles. The van der Waals surface area contributed by atoms with E-state index in [-0.39, 0.29) is 11.8 Å². The van der Waals surface area contributed by atoms with Crippen LogP contribution in [0.2, 0.25) is 0 Å². The Kier molecular flexibility index (Phi) is 5.29. The molecule has 0 amide bonds. The molecule has 2 rings (SSSR count). The fourth-order valence-corrected chi connectivity index (χ4v) is 3.41. The second-order valence-electron chi connectivity index (χ2n) is 5.52. The standard InChI is InChI=1S/C15H23BrN2O2/c1-10(17)13-5-3-4-6-18(13)9-11-7-12(16)15(19)14(8-11)20-2/h7-8,10,13,19H,3-6,9,17H2,1-2H3. The number of halogens is 1. The summed E-state index contributed by atoms with van der Waals surface area (Å²) in [6.45, 7) is 3.99. The van der Waals surface area contributed by atoms with Crippen LogP contribution in [0, 0.1) is 0 Å². The van der Waals surface area contributed by atoms with Crippen LogP contribution in [0.1, 0.15) is 31.7 Å². The molecule has 0 spiro atoms. The van der Waals surface area contributed by atoms with Crippen LogP contribution in [-0.2, 0) is 6.54 Å². The average molecular weight is 343 g/mol. The number of phenolic OH excluding ortho intramolecular Hbond substituents is 1. The van der Waals surface area contributed by atoms with Crippen LogP contribution in [-0.4, -0.2) is 35.7 Å². The maximum Gasteiger partial charge on any atom is 0.172 e. The number of hydrogen-bond acceptors (Lipinski definition) is 4. The van der Waals surface area contributed by atoms with Crippen molar-refractivity contribution in [2.45, 2.75) is 44.8 Å². The first-order chi connectivity index (χ1) is 9.52. The van der Waals surface area contributed by atoms with E-state index in [0.29, 0.717) is 16.3 Å². The quantitative estimate of drug-likeness (QED) is 0.883. The Hall–Kier alpha value is -0.780. The van der Waals surface area contributed by atoms with Gasteiger partial charge in [-0.25, -0.2) is 0 Å². The molecule has 1 heterocycles. The summed E-state index contributed by atoms with van der Waals surface area (Å²) in [6, 6.07) is 4.46. The van der Waals surface area contributed by atoms with Gasteiger partial charge in [0.05, 0.1) is 11.6 Å². The molecule has 2 atom stereocenters. The van der Waals surface area contributed by atoms with Crippen molar-refractivity contribution in [1.29, 1.82) is 0 Å². The molecular formula is C15H23BrN2O2. The summed E-state index contributed by atoms with van der Waals surface area (Å²) in [5, 5.41) is 9.86. The molecule has 1 aromatic carbocycles. The van der Waals surface area contributed by atoms with E-state index in [2.05, 4.69) is 27.8 Å². The summed E-state index contributed by atoms with van der Waals surface area (Å²) in [5.41, 5.74) is 7.23. The molecule has 0 aromatic heterocycles. The number of likely N-dealkylation sites (tertiary alicyclic amines) is 1. The van der Waals surface area contributed by atoms with Crippen LogP contribution in [0.4, 0.5) is 0 Å². The Bertz CT molecular complexity index is 465. The first-order valence-electron chi connectivity index (χ1n) is 7.08. The number of methoxy groups -OCH3 is 1. The second-order valence-corrected chi connectivity index (χ2v) is 6.38. The molecule has 3 N–H and O–H groups in total. The van der Waals surface area contributed by atoms with E-state index < -0.39 is 0 Å². The minimum Gasteiger partial charge on any atom is -0.503 e. The number of phenols is 1. The molecule has 4 nitrogen and oxygen atoms in total. The first kappa shape index (κ1) is 15.6. The number of hydrogen-bond donors (Lipinski definition) is 2. The topological polar surface area (TPSA) is 58.7 Å². The summed E-state index contributed by atoms with van der Waals surface area (Å²) in [7, 11) is 1.57. The van der Waals surface area contributed by atoms with E-state index in [4.69, 9.17) is 10.5 Å². The van der Waals surface area contributed by atoms with Gasteiger partial charge in [-0.2, -0.15) is 0 Å². The van der Waals surface area contributed by atoms with E-state index >= 15 is 0 Å². The Labute approximate surface area is 129 Å². The summed E-state index contributed by atoms with van der Waals surface area (Å²) in [6.07, 6.45) is 3.64. The van der Waals surface area contributed by atoms with Gasteiger partial charge >= 0.3 is 0 Å². The highest BCUT2D eigenvalue weighted by atomic mass is 79.9. The average Bonchev–Trinajstić information content (AvgIpc) is 2.43. The van der Waals surface area contributed by atoms with E-state index in [9.17, 15) is 5.11 Å². The fourth-order valence-electron chi connectivity index (χ4n) is 2.92. The van der Waals surface area contributed by atoms with Crippen LogP contribution in [0.25, 0.3) is 0 Å². The molecule has 1 fully saturated rings. The largest absolute Gasteiger partial charge is 0.503 e. The van der Waals surface area contributed by atoms with Crippen molar-refractivity contribution in [2.24, 2.45) is 5.73 Å². The van der Waals surface area contributed by atoms with Gasteiger partial charge in [-0.05, 0) is 59.9 Å². The maximum atomic E-state index is 9.86. The normalized spacial score (nSPS) is 21.7. The van der Waals surface area contributed by atoms with Crippen LogP contribution in [0.5, 0.6) is 11.5 Å². The van der Waals surface area contributed by atoms with Gasteiger partial charge in [0.15, 0.2) is 11.5 Å². The maximum absolute atomic E-state index is 9.86. The lowest BCUT2D eigenvalue weighted by atomic mass is 9.96. The number of piperidine rings is 1. The van der Waals surface area contributed by atoms with E-state index in [1.807, 2.05) is 12.1 Å². The predicted octanol–water partition coefficient (Wildman–Crippen LogP) is 2.87. The number of nitrogens with two attached hydrogens (primary N) is 1. The lowest BCUT2D eigenvalue weighted by Gasteiger charge is -2.38. The van der Waals surface area contributed by atoms with Crippen LogP contribution >= 0.6 is 15.9 Å². The number of rotatable bonds is 4. The van der Waals surface area contributed by atoms with Crippen molar-refractivity contribution in [2.75, 3.05) is 13.7 Å². The summed E-state index contributed by atoms with van der Waals surface area (Å²) in [4.78, 5) is 2.44. The monoisotopic (exact) mass is 342 g/mol. The molecular weight excluding hydrogens is 320 g/mol. The predicted molar refractivity (Wildman–Crippen MR) is 84.1 cm³/mol. The first-order valence-corrected chi connectivity index (χ1v) is 7.87. The molecule has 5 heteroatoms. The summed E-state index contributed by atoms with van der Waals surface area (Å²) in [5.74, 6) is 0.655. The van der Waals surface area contributed by atoms with Gasteiger partial charge < -0.3 is 15.6 Å². The Morgan fingerprint density at radius 3 is 2.90 bits per heavy atom. The number of benzene rings is 1. The number of nitrogens with zero attached hydrogens (tertiary/aromatic N) is 1. The molecule has 0 bridgehead atoms. The third-order valence-electron chi connectivity index (χ3n) is 3.96. The van der Waals surface area contributed by atoms with Crippen molar-refractivity contribution >= 4 is 15.9 Å². The molecule has 0 radical (unpaired) electrons. The van der Waals surface area contributed by atoms with Gasteiger partial charge in [-0.15, -0.1) is 0 Å². The van der Waals surface area contributed by atoms with E-state index in [0.717, 1.165) is 25.1 Å². The second kappa shape index (κ2) is 6.78. The summed E-state index contributed by atoms with van der Waals surface area (Å²) < 4.78 is 5.87. The van der Waals surface area contributed by atoms with Gasteiger partial charge in [0, 0.05) is 18.6 Å². The zero-order chi connectivity index (χ0) is 14.7. The van der Waals surface area contributed by atoms with Crippen molar-refractivity contribution in [3.63, 3.8) is 0 Å². The molecule has 0 aliphatic carbocycles. The molecule has 1 aliphatic heterocycles. The highest BCUT2D eigenvalue weighted by Crippen LogP contribution is 2.36. The third-order valence-corrected chi connectivity index (χ3v) is 4.57. The Morgan fingerprint density at radius 1 is 1.50 bits per heavy atom. The van der Waals surface area contributed by atoms with Gasteiger partial charge in [-0.3, -0.25) is 4.90 Å². The number of ether oxygens (including phenoxy) is 1. The molecule has 1 saturated heterocycles. The Morgan fingerprint density at radius 2 is 2.25 bits per heavy atom. The van der Waals surface area contributed by atoms with Gasteiger partial charge in [0.1, 0.15) is 0 Å². The smallest absolute Gasteiger partial charge is 0.172 e. The van der Waals surface area contributed by atoms with Crippen LogP contribution in [0.3, 0.4) is 0 Å². The lowest BCUT2D eigenvalue weighted by Crippen LogP contribution is -2.48. The van der Waals surface area contributed by atoms with E-state index in [1.165, 1.54) is 12.8 Å². The SMILES string of the molecule is COc1cc(CN2CCCCC2C(C)N)cc(Br)c1O. The van der Waals surface area contributed by atoms with Crippen molar-refractivity contribution in [3.8, 4) is 11.5 Å². The summed E-state index contributed by atoms with van der Waals surface area (Å²) >= 11 is 3.37. The van der Waals surface area contributed by atoms with Crippen molar-refractivity contribution < 1.29 is 9.84 Å². The molecule has 112 valence electrons. The zero-order valence-electron chi connectivity index (χ0n) is 12.1. The number of aromatic hydroxyl groups is 1. The fraction of sp³-hybridized carbons (Fsp3) is 0.600. The van der Waals surface area contributed by atoms with E-state index in [1.54, 1.807) is 7.11 Å². The van der Waals surface area contributed by atoms with Crippen molar-refractivity contribution in [1.82, 2.24) is 4.90 Å². The van der Waals surface area contributed by atoms with Gasteiger partial charge in [0.2, 0.25) is 0 Å². The molecule has 1 aliphatic rings. The zero-order valence-corrected chi connectivity index (χ0v) is 13.7. The van der Waals surface area contributed by atoms with Crippen molar-refractivity contribution in [3.05, 3.63) is 22.2 Å². The third kappa shape index (κ3) is 3.45. The van der Waals surface area contributed by atoms with Gasteiger partial charge in [0.25, 0.3) is 0 Å². The van der Waals surface area contributed by atoms with Crippen LogP contribution in [0.15, 0.2) is 16.6 Å². The molecule has 1 aromatic rings. The molecule has 2 unspecified atom stereocenters. The Balaban J connectivity index is 2.18.